The van der Waals surface area contributed by atoms with Crippen molar-refractivity contribution in [2.24, 2.45) is 0 Å². The average Bonchev–Trinajstić information content (AvgIpc) is 3.00. The smallest absolute Gasteiger partial charge is 0.232 e. The molecule has 1 aromatic heterocycles. The van der Waals surface area contributed by atoms with Crippen molar-refractivity contribution in [3.8, 4) is 5.75 Å². The number of hydrogen-bond donors (Lipinski definition) is 1. The average molecular weight is 333 g/mol. The zero-order valence-corrected chi connectivity index (χ0v) is 13.9. The molecule has 1 N–H and O–H groups in total. The Hall–Kier alpha value is -2.28. The molecule has 0 bridgehead atoms. The summed E-state index contributed by atoms with van der Waals surface area (Å²) in [6.07, 6.45) is 7.38. The molecule has 122 valence electrons. The van der Waals surface area contributed by atoms with Crippen molar-refractivity contribution in [1.29, 1.82) is 0 Å². The second-order valence-corrected chi connectivity index (χ2v) is 7.29. The van der Waals surface area contributed by atoms with Gasteiger partial charge >= 0.3 is 0 Å². The second-order valence-electron chi connectivity index (χ2n) is 5.38. The van der Waals surface area contributed by atoms with E-state index in [0.717, 1.165) is 29.0 Å². The van der Waals surface area contributed by atoms with E-state index in [9.17, 15) is 8.42 Å². The van der Waals surface area contributed by atoms with Crippen LogP contribution < -0.4 is 9.04 Å². The number of imidazole rings is 1. The van der Waals surface area contributed by atoms with Gasteiger partial charge < -0.3 is 9.72 Å². The number of aromatic amines is 1. The number of sulfonamides is 1. The molecule has 7 heteroatoms. The van der Waals surface area contributed by atoms with Crippen molar-refractivity contribution in [3.05, 3.63) is 42.0 Å². The summed E-state index contributed by atoms with van der Waals surface area (Å²) in [7, 11) is -3.31. The highest BCUT2D eigenvalue weighted by molar-refractivity contribution is 7.92. The number of ether oxygens (including phenoxy) is 1. The number of anilines is 1. The van der Waals surface area contributed by atoms with E-state index < -0.39 is 10.0 Å². The quantitative estimate of drug-likeness (QED) is 0.933. The SMILES string of the molecule is CCN(c1ccc2c(c1)/C(=C/c1cnc[nH]1)CCO2)S(C)(=O)=O. The molecule has 0 unspecified atom stereocenters. The lowest BCUT2D eigenvalue weighted by atomic mass is 9.98. The predicted molar refractivity (Wildman–Crippen MR) is 90.9 cm³/mol. The molecule has 0 spiro atoms. The summed E-state index contributed by atoms with van der Waals surface area (Å²) in [6.45, 7) is 2.81. The van der Waals surface area contributed by atoms with Crippen LogP contribution >= 0.6 is 0 Å². The molecule has 6 nitrogen and oxygen atoms in total. The maximum atomic E-state index is 11.9. The molecule has 0 aliphatic carbocycles. The third kappa shape index (κ3) is 3.24. The van der Waals surface area contributed by atoms with Crippen LogP contribution in [-0.4, -0.2) is 37.8 Å². The van der Waals surface area contributed by atoms with Crippen molar-refractivity contribution in [2.75, 3.05) is 23.7 Å². The van der Waals surface area contributed by atoms with Crippen molar-refractivity contribution >= 4 is 27.4 Å². The third-order valence-corrected chi connectivity index (χ3v) is 5.03. The number of nitrogens with one attached hydrogen (secondary N) is 1. The minimum Gasteiger partial charge on any atom is -0.493 e. The Morgan fingerprint density at radius 2 is 2.26 bits per heavy atom. The van der Waals surface area contributed by atoms with E-state index >= 15 is 0 Å². The van der Waals surface area contributed by atoms with Crippen LogP contribution in [-0.2, 0) is 10.0 Å². The number of hydrogen-bond acceptors (Lipinski definition) is 4. The van der Waals surface area contributed by atoms with Gasteiger partial charge in [-0.25, -0.2) is 13.4 Å². The van der Waals surface area contributed by atoms with E-state index in [-0.39, 0.29) is 0 Å². The standard InChI is InChI=1S/C16H19N3O3S/c1-3-19(23(2,20)21)14-4-5-16-15(9-14)12(6-7-22-16)8-13-10-17-11-18-13/h4-5,8-11H,3,6-7H2,1-2H3,(H,17,18)/b12-8+. The first-order valence-corrected chi connectivity index (χ1v) is 9.27. The van der Waals surface area contributed by atoms with Gasteiger partial charge in [-0.15, -0.1) is 0 Å². The Balaban J connectivity index is 2.06. The number of nitrogens with zero attached hydrogens (tertiary/aromatic N) is 2. The molecule has 2 heterocycles. The first-order chi connectivity index (χ1) is 11.0. The third-order valence-electron chi connectivity index (χ3n) is 3.76. The number of rotatable bonds is 4. The molecule has 0 radical (unpaired) electrons. The topological polar surface area (TPSA) is 75.3 Å². The lowest BCUT2D eigenvalue weighted by molar-refractivity contribution is 0.317. The summed E-state index contributed by atoms with van der Waals surface area (Å²) in [5, 5.41) is 0. The Labute approximate surface area is 135 Å². The molecule has 0 amide bonds. The van der Waals surface area contributed by atoms with E-state index in [0.29, 0.717) is 18.8 Å². The summed E-state index contributed by atoms with van der Waals surface area (Å²) < 4.78 is 30.9. The predicted octanol–water partition coefficient (Wildman–Crippen LogP) is 2.52. The number of benzene rings is 1. The Kier molecular flexibility index (Phi) is 4.12. The van der Waals surface area contributed by atoms with Crippen LogP contribution in [0.15, 0.2) is 30.7 Å². The molecule has 0 saturated heterocycles. The zero-order valence-electron chi connectivity index (χ0n) is 13.1. The summed E-state index contributed by atoms with van der Waals surface area (Å²) in [4.78, 5) is 7.07. The molecule has 3 rings (SSSR count). The molecule has 0 fully saturated rings. The monoisotopic (exact) mass is 333 g/mol. The van der Waals surface area contributed by atoms with Gasteiger partial charge in [0.15, 0.2) is 0 Å². The highest BCUT2D eigenvalue weighted by atomic mass is 32.2. The number of aromatic nitrogens is 2. The van der Waals surface area contributed by atoms with Gasteiger partial charge in [0.05, 0.1) is 36.8 Å². The Morgan fingerprint density at radius 1 is 1.43 bits per heavy atom. The normalized spacial score (nSPS) is 16.0. The van der Waals surface area contributed by atoms with E-state index in [1.54, 1.807) is 18.6 Å². The summed E-state index contributed by atoms with van der Waals surface area (Å²) in [5.41, 5.74) is 3.58. The van der Waals surface area contributed by atoms with E-state index in [4.69, 9.17) is 4.74 Å². The Bertz CT molecular complexity index is 826. The fraction of sp³-hybridized carbons (Fsp3) is 0.312. The van der Waals surface area contributed by atoms with Gasteiger partial charge in [0.25, 0.3) is 0 Å². The van der Waals surface area contributed by atoms with E-state index in [1.807, 2.05) is 25.1 Å². The van der Waals surface area contributed by atoms with Gasteiger partial charge in [0.2, 0.25) is 10.0 Å². The summed E-state index contributed by atoms with van der Waals surface area (Å²) in [6, 6.07) is 5.49. The van der Waals surface area contributed by atoms with Crippen molar-refractivity contribution in [2.45, 2.75) is 13.3 Å². The minimum absolute atomic E-state index is 0.387. The van der Waals surface area contributed by atoms with Crippen LogP contribution in [0.1, 0.15) is 24.6 Å². The van der Waals surface area contributed by atoms with Gasteiger partial charge in [-0.3, -0.25) is 4.31 Å². The van der Waals surface area contributed by atoms with Crippen LogP contribution in [0, 0.1) is 0 Å². The molecule has 0 saturated carbocycles. The van der Waals surface area contributed by atoms with Crippen LogP contribution in [0.4, 0.5) is 5.69 Å². The van der Waals surface area contributed by atoms with Gasteiger partial charge in [-0.2, -0.15) is 0 Å². The molecule has 1 aliphatic heterocycles. The molecule has 1 aliphatic rings. The number of H-pyrrole nitrogens is 1. The molecule has 23 heavy (non-hydrogen) atoms. The van der Waals surface area contributed by atoms with Crippen LogP contribution in [0.2, 0.25) is 0 Å². The Morgan fingerprint density at radius 3 is 2.91 bits per heavy atom. The number of fused-ring (bicyclic) bond motifs is 1. The lowest BCUT2D eigenvalue weighted by Crippen LogP contribution is -2.29. The molecule has 1 aromatic carbocycles. The summed E-state index contributed by atoms with van der Waals surface area (Å²) >= 11 is 0. The molecular formula is C16H19N3O3S. The highest BCUT2D eigenvalue weighted by Gasteiger charge is 2.20. The molecule has 0 atom stereocenters. The molecule has 2 aromatic rings. The van der Waals surface area contributed by atoms with Crippen LogP contribution in [0.3, 0.4) is 0 Å². The van der Waals surface area contributed by atoms with E-state index in [1.165, 1.54) is 10.6 Å². The fourth-order valence-electron chi connectivity index (χ4n) is 2.75. The van der Waals surface area contributed by atoms with Crippen molar-refractivity contribution in [1.82, 2.24) is 9.97 Å². The second kappa shape index (κ2) is 6.08. The highest BCUT2D eigenvalue weighted by Crippen LogP contribution is 2.37. The van der Waals surface area contributed by atoms with Crippen LogP contribution in [0.5, 0.6) is 5.75 Å². The summed E-state index contributed by atoms with van der Waals surface area (Å²) in [5.74, 6) is 0.773. The maximum absolute atomic E-state index is 11.9. The molecular weight excluding hydrogens is 314 g/mol. The first-order valence-electron chi connectivity index (χ1n) is 7.43. The van der Waals surface area contributed by atoms with Gasteiger partial charge in [-0.05, 0) is 36.8 Å². The minimum atomic E-state index is -3.31. The first kappa shape index (κ1) is 15.6. The van der Waals surface area contributed by atoms with Gasteiger partial charge in [0.1, 0.15) is 5.75 Å². The van der Waals surface area contributed by atoms with Crippen LogP contribution in [0.25, 0.3) is 11.6 Å². The largest absolute Gasteiger partial charge is 0.493 e. The van der Waals surface area contributed by atoms with Crippen molar-refractivity contribution < 1.29 is 13.2 Å². The van der Waals surface area contributed by atoms with Crippen molar-refractivity contribution in [3.63, 3.8) is 0 Å². The fourth-order valence-corrected chi connectivity index (χ4v) is 3.71. The zero-order chi connectivity index (χ0) is 16.4. The van der Waals surface area contributed by atoms with Gasteiger partial charge in [-0.1, -0.05) is 0 Å². The van der Waals surface area contributed by atoms with E-state index in [2.05, 4.69) is 9.97 Å². The van der Waals surface area contributed by atoms with Gasteiger partial charge in [0, 0.05) is 18.5 Å². The lowest BCUT2D eigenvalue weighted by Gasteiger charge is -2.25. The maximum Gasteiger partial charge on any atom is 0.232 e.